The number of aliphatic hydroxyl groups excluding tert-OH is 1. The molecule has 0 heterocycles. The highest BCUT2D eigenvalue weighted by molar-refractivity contribution is 7.91. The van der Waals surface area contributed by atoms with E-state index in [-0.39, 0.29) is 28.9 Å². The van der Waals surface area contributed by atoms with Crippen molar-refractivity contribution in [1.29, 1.82) is 0 Å². The molecule has 1 aromatic carbocycles. The van der Waals surface area contributed by atoms with Crippen molar-refractivity contribution in [3.63, 3.8) is 0 Å². The fourth-order valence-electron chi connectivity index (χ4n) is 1.62. The summed E-state index contributed by atoms with van der Waals surface area (Å²) < 4.78 is 23.8. The Kier molecular flexibility index (Phi) is 5.50. The lowest BCUT2D eigenvalue weighted by molar-refractivity contribution is 0.0911. The number of hydrogen-bond donors (Lipinski definition) is 2. The van der Waals surface area contributed by atoms with Gasteiger partial charge in [0.15, 0.2) is 9.84 Å². The minimum atomic E-state index is -3.45. The number of amides is 1. The van der Waals surface area contributed by atoms with Crippen LogP contribution in [0.25, 0.3) is 0 Å². The van der Waals surface area contributed by atoms with Crippen molar-refractivity contribution in [2.45, 2.75) is 31.2 Å². The summed E-state index contributed by atoms with van der Waals surface area (Å²) in [6, 6.07) is 5.73. The maximum Gasteiger partial charge on any atom is 0.252 e. The van der Waals surface area contributed by atoms with E-state index in [0.29, 0.717) is 6.42 Å². The van der Waals surface area contributed by atoms with Gasteiger partial charge < -0.3 is 10.4 Å². The highest BCUT2D eigenvalue weighted by atomic mass is 32.2. The SMILES string of the molecule is CCC(CO)NC(=O)c1ccccc1S(=O)(=O)CC. The zero-order chi connectivity index (χ0) is 14.5. The molecule has 0 aliphatic heterocycles. The number of carbonyl (C=O) groups excluding carboxylic acids is 1. The molecule has 106 valence electrons. The quantitative estimate of drug-likeness (QED) is 0.816. The third-order valence-electron chi connectivity index (χ3n) is 2.90. The van der Waals surface area contributed by atoms with Crippen molar-refractivity contribution in [2.75, 3.05) is 12.4 Å². The normalized spacial score (nSPS) is 13.0. The molecule has 2 N–H and O–H groups in total. The van der Waals surface area contributed by atoms with Crippen LogP contribution in [0, 0.1) is 0 Å². The highest BCUT2D eigenvalue weighted by Crippen LogP contribution is 2.17. The van der Waals surface area contributed by atoms with Crippen LogP contribution in [0.2, 0.25) is 0 Å². The summed E-state index contributed by atoms with van der Waals surface area (Å²) in [6.07, 6.45) is 0.574. The lowest BCUT2D eigenvalue weighted by Crippen LogP contribution is -2.37. The Hall–Kier alpha value is -1.40. The molecule has 0 radical (unpaired) electrons. The van der Waals surface area contributed by atoms with Crippen molar-refractivity contribution < 1.29 is 18.3 Å². The van der Waals surface area contributed by atoms with Crippen LogP contribution in [-0.2, 0) is 9.84 Å². The van der Waals surface area contributed by atoms with E-state index in [4.69, 9.17) is 5.11 Å². The van der Waals surface area contributed by atoms with Crippen LogP contribution in [0.5, 0.6) is 0 Å². The molecule has 0 saturated heterocycles. The topological polar surface area (TPSA) is 83.5 Å². The van der Waals surface area contributed by atoms with E-state index < -0.39 is 15.7 Å². The average molecular weight is 285 g/mol. The molecule has 6 heteroatoms. The second-order valence-electron chi connectivity index (χ2n) is 4.16. The minimum absolute atomic E-state index is 0.0304. The van der Waals surface area contributed by atoms with Gasteiger partial charge in [0.05, 0.1) is 28.9 Å². The summed E-state index contributed by atoms with van der Waals surface area (Å²) in [7, 11) is -3.45. The van der Waals surface area contributed by atoms with Gasteiger partial charge in [0, 0.05) is 0 Å². The Morgan fingerprint density at radius 1 is 1.32 bits per heavy atom. The fraction of sp³-hybridized carbons (Fsp3) is 0.462. The van der Waals surface area contributed by atoms with E-state index in [1.807, 2.05) is 6.92 Å². The molecule has 0 bridgehead atoms. The van der Waals surface area contributed by atoms with Crippen LogP contribution in [0.3, 0.4) is 0 Å². The summed E-state index contributed by atoms with van der Waals surface area (Å²) in [5, 5.41) is 11.7. The van der Waals surface area contributed by atoms with E-state index in [1.54, 1.807) is 12.1 Å². The molecule has 1 atom stereocenters. The summed E-state index contributed by atoms with van der Waals surface area (Å²) >= 11 is 0. The van der Waals surface area contributed by atoms with E-state index in [9.17, 15) is 13.2 Å². The molecule has 0 fully saturated rings. The maximum atomic E-state index is 12.1. The predicted molar refractivity (Wildman–Crippen MR) is 72.8 cm³/mol. The van der Waals surface area contributed by atoms with Gasteiger partial charge in [-0.2, -0.15) is 0 Å². The third kappa shape index (κ3) is 3.78. The molecule has 19 heavy (non-hydrogen) atoms. The van der Waals surface area contributed by atoms with Crippen molar-refractivity contribution >= 4 is 15.7 Å². The monoisotopic (exact) mass is 285 g/mol. The van der Waals surface area contributed by atoms with Gasteiger partial charge in [-0.15, -0.1) is 0 Å². The first-order valence-corrected chi connectivity index (χ1v) is 7.85. The molecule has 5 nitrogen and oxygen atoms in total. The predicted octanol–water partition coefficient (Wildman–Crippen LogP) is 0.981. The summed E-state index contributed by atoms with van der Waals surface area (Å²) in [5.41, 5.74) is 0.122. The summed E-state index contributed by atoms with van der Waals surface area (Å²) in [6.45, 7) is 3.19. The van der Waals surface area contributed by atoms with Gasteiger partial charge in [-0.1, -0.05) is 26.0 Å². The number of benzene rings is 1. The number of carbonyl (C=O) groups is 1. The zero-order valence-electron chi connectivity index (χ0n) is 11.1. The van der Waals surface area contributed by atoms with Crippen LogP contribution in [0.1, 0.15) is 30.6 Å². The first-order chi connectivity index (χ1) is 8.96. The molecule has 0 aliphatic carbocycles. The zero-order valence-corrected chi connectivity index (χ0v) is 11.9. The van der Waals surface area contributed by atoms with Gasteiger partial charge in [-0.3, -0.25) is 4.79 Å². The first-order valence-electron chi connectivity index (χ1n) is 6.19. The Balaban J connectivity index is 3.11. The van der Waals surface area contributed by atoms with Crippen molar-refractivity contribution in [2.24, 2.45) is 0 Å². The van der Waals surface area contributed by atoms with E-state index in [0.717, 1.165) is 0 Å². The van der Waals surface area contributed by atoms with E-state index in [1.165, 1.54) is 19.1 Å². The van der Waals surface area contributed by atoms with Crippen molar-refractivity contribution in [3.8, 4) is 0 Å². The maximum absolute atomic E-state index is 12.1. The molecule has 0 aromatic heterocycles. The molecular weight excluding hydrogens is 266 g/mol. The number of rotatable bonds is 6. The Labute approximate surface area is 113 Å². The van der Waals surface area contributed by atoms with Gasteiger partial charge in [0.1, 0.15) is 0 Å². The van der Waals surface area contributed by atoms with Crippen molar-refractivity contribution in [1.82, 2.24) is 5.32 Å². The molecule has 1 unspecified atom stereocenters. The third-order valence-corrected chi connectivity index (χ3v) is 4.68. The largest absolute Gasteiger partial charge is 0.394 e. The van der Waals surface area contributed by atoms with E-state index >= 15 is 0 Å². The molecule has 0 saturated carbocycles. The van der Waals surface area contributed by atoms with Crippen LogP contribution >= 0.6 is 0 Å². The Bertz CT molecular complexity index is 535. The number of hydrogen-bond acceptors (Lipinski definition) is 4. The first kappa shape index (κ1) is 15.7. The smallest absolute Gasteiger partial charge is 0.252 e. The second kappa shape index (κ2) is 6.68. The number of aliphatic hydroxyl groups is 1. The molecule has 1 aromatic rings. The lowest BCUT2D eigenvalue weighted by atomic mass is 10.2. The molecule has 1 rings (SSSR count). The molecule has 0 spiro atoms. The standard InChI is InChI=1S/C13H19NO4S/c1-3-10(9-15)14-13(16)11-7-5-6-8-12(11)19(17,18)4-2/h5-8,10,15H,3-4,9H2,1-2H3,(H,14,16). The van der Waals surface area contributed by atoms with Crippen molar-refractivity contribution in [3.05, 3.63) is 29.8 Å². The lowest BCUT2D eigenvalue weighted by Gasteiger charge is -2.15. The highest BCUT2D eigenvalue weighted by Gasteiger charge is 2.21. The number of sulfone groups is 1. The van der Waals surface area contributed by atoms with Gasteiger partial charge in [-0.05, 0) is 18.6 Å². The van der Waals surface area contributed by atoms with Crippen LogP contribution in [0.4, 0.5) is 0 Å². The minimum Gasteiger partial charge on any atom is -0.394 e. The van der Waals surface area contributed by atoms with Crippen LogP contribution in [0.15, 0.2) is 29.2 Å². The molecule has 1 amide bonds. The summed E-state index contributed by atoms with van der Waals surface area (Å²) in [4.78, 5) is 12.1. The van der Waals surface area contributed by atoms with Crippen LogP contribution in [-0.4, -0.2) is 37.8 Å². The van der Waals surface area contributed by atoms with Gasteiger partial charge in [0.2, 0.25) is 0 Å². The van der Waals surface area contributed by atoms with Gasteiger partial charge in [-0.25, -0.2) is 8.42 Å². The summed E-state index contributed by atoms with van der Waals surface area (Å²) in [5.74, 6) is -0.539. The average Bonchev–Trinajstić information content (AvgIpc) is 2.44. The Morgan fingerprint density at radius 3 is 2.47 bits per heavy atom. The molecular formula is C13H19NO4S. The Morgan fingerprint density at radius 2 is 1.95 bits per heavy atom. The molecule has 0 aliphatic rings. The van der Waals surface area contributed by atoms with Gasteiger partial charge in [0.25, 0.3) is 5.91 Å². The fourth-order valence-corrected chi connectivity index (χ4v) is 2.71. The second-order valence-corrected chi connectivity index (χ2v) is 6.41. The van der Waals surface area contributed by atoms with Gasteiger partial charge >= 0.3 is 0 Å². The van der Waals surface area contributed by atoms with Crippen LogP contribution < -0.4 is 5.32 Å². The van der Waals surface area contributed by atoms with E-state index in [2.05, 4.69) is 5.32 Å². The number of nitrogens with one attached hydrogen (secondary N) is 1.